The average Bonchev–Trinajstić information content (AvgIpc) is 2.44. The summed E-state index contributed by atoms with van der Waals surface area (Å²) in [4.78, 5) is 3.08. The summed E-state index contributed by atoms with van der Waals surface area (Å²) in [5.41, 5.74) is 8.79. The molecule has 3 N–H and O–H groups in total. The number of fused-ring (bicyclic) bond motifs is 1. The number of anilines is 1. The van der Waals surface area contributed by atoms with E-state index in [9.17, 15) is 4.39 Å². The number of halogens is 1. The Morgan fingerprint density at radius 2 is 2.14 bits per heavy atom. The molecule has 0 spiro atoms. The van der Waals surface area contributed by atoms with Gasteiger partial charge in [-0.1, -0.05) is 6.92 Å². The first-order valence-corrected chi connectivity index (χ1v) is 4.69. The molecule has 0 saturated heterocycles. The van der Waals surface area contributed by atoms with Gasteiger partial charge in [-0.2, -0.15) is 0 Å². The minimum absolute atomic E-state index is 0.275. The van der Waals surface area contributed by atoms with Gasteiger partial charge in [0.1, 0.15) is 5.82 Å². The van der Waals surface area contributed by atoms with Gasteiger partial charge in [0.2, 0.25) is 0 Å². The lowest BCUT2D eigenvalue weighted by atomic mass is 10.1. The number of hydrogen-bond donors (Lipinski definition) is 2. The first-order valence-electron chi connectivity index (χ1n) is 4.69. The Bertz CT molecular complexity index is 485. The molecule has 0 atom stereocenters. The second-order valence-electron chi connectivity index (χ2n) is 3.51. The van der Waals surface area contributed by atoms with Crippen molar-refractivity contribution in [3.8, 4) is 0 Å². The van der Waals surface area contributed by atoms with E-state index in [4.69, 9.17) is 5.73 Å². The Balaban J connectivity index is 2.85. The SMILES string of the molecule is CCc1[nH]c2c(F)cc(N)cc2c1C. The quantitative estimate of drug-likeness (QED) is 0.670. The highest BCUT2D eigenvalue weighted by molar-refractivity contribution is 5.87. The smallest absolute Gasteiger partial charge is 0.149 e. The highest BCUT2D eigenvalue weighted by atomic mass is 19.1. The van der Waals surface area contributed by atoms with Gasteiger partial charge >= 0.3 is 0 Å². The van der Waals surface area contributed by atoms with Crippen molar-refractivity contribution in [3.05, 3.63) is 29.2 Å². The average molecular weight is 192 g/mol. The summed E-state index contributed by atoms with van der Waals surface area (Å²) >= 11 is 0. The summed E-state index contributed by atoms with van der Waals surface area (Å²) < 4.78 is 13.5. The number of aromatic amines is 1. The van der Waals surface area contributed by atoms with E-state index in [1.54, 1.807) is 0 Å². The number of nitrogens with two attached hydrogens (primary N) is 1. The third-order valence-corrected chi connectivity index (χ3v) is 2.60. The van der Waals surface area contributed by atoms with Gasteiger partial charge in [0.05, 0.1) is 5.52 Å². The van der Waals surface area contributed by atoms with E-state index in [-0.39, 0.29) is 5.82 Å². The van der Waals surface area contributed by atoms with Crippen molar-refractivity contribution >= 4 is 16.6 Å². The van der Waals surface area contributed by atoms with Crippen molar-refractivity contribution < 1.29 is 4.39 Å². The molecule has 0 aliphatic heterocycles. The molecule has 2 nitrogen and oxygen atoms in total. The van der Waals surface area contributed by atoms with Gasteiger partial charge in [-0.05, 0) is 31.0 Å². The Morgan fingerprint density at radius 3 is 2.79 bits per heavy atom. The van der Waals surface area contributed by atoms with E-state index < -0.39 is 0 Å². The molecule has 0 aliphatic rings. The van der Waals surface area contributed by atoms with Gasteiger partial charge < -0.3 is 10.7 Å². The Kier molecular flexibility index (Phi) is 1.95. The number of aromatic nitrogens is 1. The van der Waals surface area contributed by atoms with Crippen molar-refractivity contribution in [1.29, 1.82) is 0 Å². The zero-order valence-corrected chi connectivity index (χ0v) is 8.32. The van der Waals surface area contributed by atoms with Gasteiger partial charge in [-0.15, -0.1) is 0 Å². The highest BCUT2D eigenvalue weighted by Gasteiger charge is 2.10. The van der Waals surface area contributed by atoms with E-state index in [1.807, 2.05) is 19.9 Å². The normalized spacial score (nSPS) is 11.1. The van der Waals surface area contributed by atoms with Crippen LogP contribution >= 0.6 is 0 Å². The van der Waals surface area contributed by atoms with Crippen LogP contribution in [0.1, 0.15) is 18.2 Å². The predicted molar refractivity (Wildman–Crippen MR) is 56.8 cm³/mol. The second kappa shape index (κ2) is 3.01. The molecule has 14 heavy (non-hydrogen) atoms. The molecule has 1 heterocycles. The first kappa shape index (κ1) is 9.06. The summed E-state index contributed by atoms with van der Waals surface area (Å²) in [5, 5.41) is 0.888. The van der Waals surface area contributed by atoms with Gasteiger partial charge in [0.25, 0.3) is 0 Å². The minimum atomic E-state index is -0.275. The second-order valence-corrected chi connectivity index (χ2v) is 3.51. The standard InChI is InChI=1S/C11H13FN2/c1-3-10-6(2)8-4-7(13)5-9(12)11(8)14-10/h4-5,14H,3,13H2,1-2H3. The minimum Gasteiger partial charge on any atom is -0.399 e. The van der Waals surface area contributed by atoms with Crippen LogP contribution in [0.25, 0.3) is 10.9 Å². The molecule has 1 aromatic carbocycles. The summed E-state index contributed by atoms with van der Waals surface area (Å²) in [6.07, 6.45) is 0.875. The third kappa shape index (κ3) is 1.16. The van der Waals surface area contributed by atoms with Crippen molar-refractivity contribution in [2.75, 3.05) is 5.73 Å². The van der Waals surface area contributed by atoms with Gasteiger partial charge in [-0.25, -0.2) is 4.39 Å². The summed E-state index contributed by atoms with van der Waals surface area (Å²) in [6, 6.07) is 3.15. The molecule has 0 aliphatic carbocycles. The molecule has 0 saturated carbocycles. The summed E-state index contributed by atoms with van der Waals surface area (Å²) in [6.45, 7) is 4.02. The van der Waals surface area contributed by atoms with E-state index >= 15 is 0 Å². The van der Waals surface area contributed by atoms with E-state index in [0.717, 1.165) is 23.1 Å². The molecule has 74 valence electrons. The first-order chi connectivity index (χ1) is 6.63. The van der Waals surface area contributed by atoms with Crippen LogP contribution in [-0.2, 0) is 6.42 Å². The fourth-order valence-electron chi connectivity index (χ4n) is 1.81. The van der Waals surface area contributed by atoms with Crippen LogP contribution in [0, 0.1) is 12.7 Å². The lowest BCUT2D eigenvalue weighted by Crippen LogP contribution is -1.86. The number of H-pyrrole nitrogens is 1. The summed E-state index contributed by atoms with van der Waals surface area (Å²) in [5.74, 6) is -0.275. The molecule has 1 aromatic heterocycles. The topological polar surface area (TPSA) is 41.8 Å². The van der Waals surface area contributed by atoms with Crippen molar-refractivity contribution in [3.63, 3.8) is 0 Å². The molecule has 0 unspecified atom stereocenters. The maximum Gasteiger partial charge on any atom is 0.149 e. The van der Waals surface area contributed by atoms with E-state index in [0.29, 0.717) is 11.2 Å². The van der Waals surface area contributed by atoms with E-state index in [1.165, 1.54) is 6.07 Å². The maximum atomic E-state index is 13.5. The molecule has 2 aromatic rings. The van der Waals surface area contributed by atoms with Gasteiger partial charge in [0, 0.05) is 16.8 Å². The molecular formula is C11H13FN2. The van der Waals surface area contributed by atoms with Crippen LogP contribution in [0.3, 0.4) is 0 Å². The third-order valence-electron chi connectivity index (χ3n) is 2.60. The van der Waals surface area contributed by atoms with Crippen LogP contribution in [0.15, 0.2) is 12.1 Å². The fraction of sp³-hybridized carbons (Fsp3) is 0.273. The zero-order valence-electron chi connectivity index (χ0n) is 8.32. The highest BCUT2D eigenvalue weighted by Crippen LogP contribution is 2.26. The van der Waals surface area contributed by atoms with Crippen molar-refractivity contribution in [1.82, 2.24) is 4.98 Å². The Labute approximate surface area is 81.9 Å². The summed E-state index contributed by atoms with van der Waals surface area (Å²) in [7, 11) is 0. The lowest BCUT2D eigenvalue weighted by molar-refractivity contribution is 0.637. The molecular weight excluding hydrogens is 179 g/mol. The van der Waals surface area contributed by atoms with Crippen LogP contribution in [-0.4, -0.2) is 4.98 Å². The van der Waals surface area contributed by atoms with Crippen molar-refractivity contribution in [2.45, 2.75) is 20.3 Å². The lowest BCUT2D eigenvalue weighted by Gasteiger charge is -1.96. The number of nitrogen functional groups attached to an aromatic ring is 1. The number of hydrogen-bond acceptors (Lipinski definition) is 1. The Hall–Kier alpha value is -1.51. The molecule has 0 radical (unpaired) electrons. The van der Waals surface area contributed by atoms with Crippen LogP contribution in [0.5, 0.6) is 0 Å². The fourth-order valence-corrected chi connectivity index (χ4v) is 1.81. The Morgan fingerprint density at radius 1 is 1.43 bits per heavy atom. The van der Waals surface area contributed by atoms with Crippen LogP contribution < -0.4 is 5.73 Å². The predicted octanol–water partition coefficient (Wildman–Crippen LogP) is 2.76. The monoisotopic (exact) mass is 192 g/mol. The van der Waals surface area contributed by atoms with Crippen LogP contribution in [0.4, 0.5) is 10.1 Å². The zero-order chi connectivity index (χ0) is 10.3. The molecule has 0 bridgehead atoms. The number of rotatable bonds is 1. The van der Waals surface area contributed by atoms with E-state index in [2.05, 4.69) is 4.98 Å². The number of benzene rings is 1. The molecule has 2 rings (SSSR count). The molecule has 0 amide bonds. The number of nitrogens with one attached hydrogen (secondary N) is 1. The molecule has 0 fully saturated rings. The molecule has 3 heteroatoms. The van der Waals surface area contributed by atoms with Crippen LogP contribution in [0.2, 0.25) is 0 Å². The largest absolute Gasteiger partial charge is 0.399 e. The number of aryl methyl sites for hydroxylation is 2. The van der Waals surface area contributed by atoms with Gasteiger partial charge in [0.15, 0.2) is 0 Å². The maximum absolute atomic E-state index is 13.5. The van der Waals surface area contributed by atoms with Gasteiger partial charge in [-0.3, -0.25) is 0 Å². The van der Waals surface area contributed by atoms with Crippen molar-refractivity contribution in [2.24, 2.45) is 0 Å².